The molecule has 0 bridgehead atoms. The van der Waals surface area contributed by atoms with Gasteiger partial charge in [0.15, 0.2) is 0 Å². The molecule has 3 rings (SSSR count). The Hall–Kier alpha value is -3.80. The second kappa shape index (κ2) is 10.6. The molecule has 0 N–H and O–H groups in total. The summed E-state index contributed by atoms with van der Waals surface area (Å²) in [4.78, 5) is 24.0. The Bertz CT molecular complexity index is 1050. The molecule has 6 nitrogen and oxygen atoms in total. The first-order chi connectivity index (χ1) is 16.4. The van der Waals surface area contributed by atoms with Crippen LogP contribution >= 0.6 is 0 Å². The number of carbonyl (C=O) groups excluding carboxylic acids is 2. The summed E-state index contributed by atoms with van der Waals surface area (Å²) >= 11 is 0. The monoisotopic (exact) mass is 476 g/mol. The van der Waals surface area contributed by atoms with E-state index in [0.29, 0.717) is 11.5 Å². The molecule has 0 aliphatic rings. The van der Waals surface area contributed by atoms with Crippen LogP contribution < -0.4 is 9.47 Å². The predicted octanol–water partition coefficient (Wildman–Crippen LogP) is 7.49. The Morgan fingerprint density at radius 1 is 0.543 bits per heavy atom. The van der Waals surface area contributed by atoms with Crippen molar-refractivity contribution in [2.75, 3.05) is 0 Å². The van der Waals surface area contributed by atoms with E-state index >= 15 is 0 Å². The first kappa shape index (κ1) is 25.8. The quantitative estimate of drug-likeness (QED) is 0.216. The lowest BCUT2D eigenvalue weighted by atomic mass is 9.85. The first-order valence-electron chi connectivity index (χ1n) is 11.5. The number of ether oxygens (including phenoxy) is 4. The van der Waals surface area contributed by atoms with E-state index in [-0.39, 0.29) is 5.92 Å². The molecule has 3 aromatic rings. The van der Waals surface area contributed by atoms with Crippen LogP contribution in [0.15, 0.2) is 78.9 Å². The average Bonchev–Trinajstić information content (AvgIpc) is 2.74. The molecule has 0 radical (unpaired) electrons. The smallest absolute Gasteiger partial charge is 0.428 e. The van der Waals surface area contributed by atoms with Gasteiger partial charge in [0.25, 0.3) is 0 Å². The molecule has 0 spiro atoms. The van der Waals surface area contributed by atoms with Gasteiger partial charge in [-0.3, -0.25) is 0 Å². The Morgan fingerprint density at radius 3 is 1.23 bits per heavy atom. The third-order valence-corrected chi connectivity index (χ3v) is 4.74. The van der Waals surface area contributed by atoms with Crippen molar-refractivity contribution in [2.24, 2.45) is 0 Å². The minimum atomic E-state index is -0.745. The topological polar surface area (TPSA) is 71.1 Å². The van der Waals surface area contributed by atoms with Crippen molar-refractivity contribution >= 4 is 12.3 Å². The molecule has 0 amide bonds. The molecule has 0 saturated heterocycles. The fourth-order valence-corrected chi connectivity index (χ4v) is 3.41. The van der Waals surface area contributed by atoms with E-state index in [1.54, 1.807) is 65.8 Å². The number of carbonyl (C=O) groups is 2. The lowest BCUT2D eigenvalue weighted by Gasteiger charge is -2.21. The van der Waals surface area contributed by atoms with Crippen molar-refractivity contribution in [3.8, 4) is 11.5 Å². The molecule has 0 aromatic heterocycles. The van der Waals surface area contributed by atoms with Gasteiger partial charge in [-0.1, -0.05) is 54.6 Å². The van der Waals surface area contributed by atoms with Crippen LogP contribution in [0.3, 0.4) is 0 Å². The highest BCUT2D eigenvalue weighted by Crippen LogP contribution is 2.34. The van der Waals surface area contributed by atoms with Crippen LogP contribution in [0, 0.1) is 0 Å². The van der Waals surface area contributed by atoms with Crippen LogP contribution in [0.1, 0.15) is 64.2 Å². The van der Waals surface area contributed by atoms with Gasteiger partial charge in [0.2, 0.25) is 0 Å². The minimum absolute atomic E-state index is 0.0812. The van der Waals surface area contributed by atoms with Crippen molar-refractivity contribution in [1.82, 2.24) is 0 Å². The highest BCUT2D eigenvalue weighted by atomic mass is 16.7. The molecule has 184 valence electrons. The van der Waals surface area contributed by atoms with Crippen LogP contribution in [0.4, 0.5) is 9.59 Å². The summed E-state index contributed by atoms with van der Waals surface area (Å²) in [5, 5.41) is 0. The van der Waals surface area contributed by atoms with Crippen LogP contribution in [0.2, 0.25) is 0 Å². The van der Waals surface area contributed by atoms with Gasteiger partial charge in [-0.2, -0.15) is 0 Å². The zero-order chi connectivity index (χ0) is 25.6. The zero-order valence-corrected chi connectivity index (χ0v) is 21.0. The van der Waals surface area contributed by atoms with E-state index in [2.05, 4.69) is 12.1 Å². The van der Waals surface area contributed by atoms with E-state index in [0.717, 1.165) is 16.7 Å². The Balaban J connectivity index is 1.82. The number of benzene rings is 3. The molecular weight excluding hydrogens is 444 g/mol. The highest BCUT2D eigenvalue weighted by molar-refractivity contribution is 5.65. The normalized spacial score (nSPS) is 11.6. The molecule has 0 saturated carbocycles. The predicted molar refractivity (Wildman–Crippen MR) is 134 cm³/mol. The van der Waals surface area contributed by atoms with Gasteiger partial charge in [0, 0.05) is 5.92 Å². The van der Waals surface area contributed by atoms with Crippen LogP contribution in [-0.4, -0.2) is 23.5 Å². The summed E-state index contributed by atoms with van der Waals surface area (Å²) < 4.78 is 21.0. The summed E-state index contributed by atoms with van der Waals surface area (Å²) in [6, 6.07) is 24.7. The van der Waals surface area contributed by atoms with E-state index < -0.39 is 23.5 Å². The number of hydrogen-bond acceptors (Lipinski definition) is 6. The number of hydrogen-bond donors (Lipinski definition) is 0. The lowest BCUT2D eigenvalue weighted by Crippen LogP contribution is -2.25. The summed E-state index contributed by atoms with van der Waals surface area (Å²) in [5.41, 5.74) is 1.85. The zero-order valence-electron chi connectivity index (χ0n) is 21.0. The molecule has 35 heavy (non-hydrogen) atoms. The molecule has 0 atom stereocenters. The van der Waals surface area contributed by atoms with Crippen LogP contribution in [0.5, 0.6) is 11.5 Å². The Labute approximate surface area is 206 Å². The van der Waals surface area contributed by atoms with Crippen molar-refractivity contribution < 1.29 is 28.5 Å². The van der Waals surface area contributed by atoms with E-state index in [1.807, 2.05) is 42.5 Å². The van der Waals surface area contributed by atoms with Gasteiger partial charge in [-0.05, 0) is 82.5 Å². The van der Waals surface area contributed by atoms with Gasteiger partial charge < -0.3 is 18.9 Å². The van der Waals surface area contributed by atoms with Gasteiger partial charge in [-0.25, -0.2) is 9.59 Å². The third-order valence-electron chi connectivity index (χ3n) is 4.74. The molecule has 0 unspecified atom stereocenters. The summed E-state index contributed by atoms with van der Waals surface area (Å²) in [6.07, 6.45) is -1.49. The number of rotatable bonds is 5. The Kier molecular flexibility index (Phi) is 7.85. The second-order valence-electron chi connectivity index (χ2n) is 10.1. The van der Waals surface area contributed by atoms with Crippen molar-refractivity contribution in [3.63, 3.8) is 0 Å². The van der Waals surface area contributed by atoms with Crippen molar-refractivity contribution in [1.29, 1.82) is 0 Å². The van der Waals surface area contributed by atoms with Gasteiger partial charge in [0.1, 0.15) is 22.7 Å². The van der Waals surface area contributed by atoms with E-state index in [1.165, 1.54) is 0 Å². The standard InChI is InChI=1S/C29H32O6/c1-28(2,3)34-26(30)32-23-16-12-21(13-17-23)25(20-10-8-7-9-11-20)22-14-18-24(19-15-22)33-27(31)35-29(4,5)6/h7-19,25H,1-6H3. The van der Waals surface area contributed by atoms with Crippen molar-refractivity contribution in [2.45, 2.75) is 58.7 Å². The molecule has 0 aliphatic heterocycles. The molecule has 6 heteroatoms. The van der Waals surface area contributed by atoms with Crippen LogP contribution in [0.25, 0.3) is 0 Å². The van der Waals surface area contributed by atoms with Gasteiger partial charge >= 0.3 is 12.3 Å². The van der Waals surface area contributed by atoms with E-state index in [9.17, 15) is 9.59 Å². The lowest BCUT2D eigenvalue weighted by molar-refractivity contribution is 0.0193. The summed E-state index contributed by atoms with van der Waals surface area (Å²) in [6.45, 7) is 10.7. The molecular formula is C29H32O6. The third kappa shape index (κ3) is 8.18. The fourth-order valence-electron chi connectivity index (χ4n) is 3.41. The average molecular weight is 477 g/mol. The summed E-state index contributed by atoms with van der Waals surface area (Å²) in [7, 11) is 0. The Morgan fingerprint density at radius 2 is 0.886 bits per heavy atom. The summed E-state index contributed by atoms with van der Waals surface area (Å²) in [5.74, 6) is 0.717. The minimum Gasteiger partial charge on any atom is -0.428 e. The maximum absolute atomic E-state index is 12.0. The first-order valence-corrected chi connectivity index (χ1v) is 11.5. The largest absolute Gasteiger partial charge is 0.514 e. The molecule has 3 aromatic carbocycles. The van der Waals surface area contributed by atoms with E-state index in [4.69, 9.17) is 18.9 Å². The SMILES string of the molecule is CC(C)(C)OC(=O)Oc1ccc(C(c2ccccc2)c2ccc(OC(=O)OC(C)(C)C)cc2)cc1. The fraction of sp³-hybridized carbons (Fsp3) is 0.310. The maximum atomic E-state index is 12.0. The molecule has 0 fully saturated rings. The van der Waals surface area contributed by atoms with Crippen LogP contribution in [-0.2, 0) is 9.47 Å². The maximum Gasteiger partial charge on any atom is 0.514 e. The molecule has 0 aliphatic carbocycles. The second-order valence-corrected chi connectivity index (χ2v) is 10.1. The van der Waals surface area contributed by atoms with Crippen molar-refractivity contribution in [3.05, 3.63) is 95.6 Å². The molecule has 0 heterocycles. The highest BCUT2D eigenvalue weighted by Gasteiger charge is 2.21. The van der Waals surface area contributed by atoms with Gasteiger partial charge in [-0.15, -0.1) is 0 Å². The van der Waals surface area contributed by atoms with Gasteiger partial charge in [0.05, 0.1) is 0 Å².